The summed E-state index contributed by atoms with van der Waals surface area (Å²) in [6.07, 6.45) is -2.37. The number of fused-ring (bicyclic) bond motifs is 1. The number of hydrogen-bond donors (Lipinski definition) is 1. The largest absolute Gasteiger partial charge is 0.416 e. The van der Waals surface area contributed by atoms with Gasteiger partial charge in [0.25, 0.3) is 0 Å². The second kappa shape index (κ2) is 10.1. The van der Waals surface area contributed by atoms with Crippen LogP contribution in [0.1, 0.15) is 42.2 Å². The summed E-state index contributed by atoms with van der Waals surface area (Å²) in [6, 6.07) is 10.2. The molecule has 2 aromatic heterocycles. The van der Waals surface area contributed by atoms with Crippen LogP contribution in [0.3, 0.4) is 0 Å². The van der Waals surface area contributed by atoms with E-state index < -0.39 is 11.7 Å². The summed E-state index contributed by atoms with van der Waals surface area (Å²) < 4.78 is 38.8. The van der Waals surface area contributed by atoms with Crippen molar-refractivity contribution in [2.24, 2.45) is 5.92 Å². The Morgan fingerprint density at radius 2 is 1.65 bits per heavy atom. The number of rotatable bonds is 7. The predicted molar refractivity (Wildman–Crippen MR) is 132 cm³/mol. The van der Waals surface area contributed by atoms with Crippen molar-refractivity contribution in [1.29, 1.82) is 0 Å². The highest BCUT2D eigenvalue weighted by Crippen LogP contribution is 2.34. The van der Waals surface area contributed by atoms with E-state index in [9.17, 15) is 13.2 Å². The number of nitrogens with zero attached hydrogens (tertiary/aromatic N) is 3. The van der Waals surface area contributed by atoms with Crippen LogP contribution in [-0.4, -0.2) is 15.0 Å². The SMILES string of the molecule is CC(C)CCc1nc(Nc2ccc(C(F)(F)F)cc2)c2nc(Cc3c(Cl)cccc3Cl)sc2n1. The van der Waals surface area contributed by atoms with E-state index in [0.717, 1.165) is 29.1 Å². The average molecular weight is 525 g/mol. The van der Waals surface area contributed by atoms with E-state index in [4.69, 9.17) is 33.2 Å². The smallest absolute Gasteiger partial charge is 0.338 e. The van der Waals surface area contributed by atoms with E-state index in [-0.39, 0.29) is 0 Å². The minimum atomic E-state index is -4.39. The van der Waals surface area contributed by atoms with Crippen LogP contribution in [0.2, 0.25) is 10.0 Å². The third kappa shape index (κ3) is 5.79. The number of alkyl halides is 3. The molecule has 0 atom stereocenters. The molecule has 0 amide bonds. The molecule has 34 heavy (non-hydrogen) atoms. The summed E-state index contributed by atoms with van der Waals surface area (Å²) in [5, 5.41) is 5.00. The summed E-state index contributed by atoms with van der Waals surface area (Å²) in [4.78, 5) is 14.7. The van der Waals surface area contributed by atoms with Crippen LogP contribution in [0.25, 0.3) is 10.3 Å². The number of halogens is 5. The summed E-state index contributed by atoms with van der Waals surface area (Å²) >= 11 is 14.1. The van der Waals surface area contributed by atoms with E-state index in [0.29, 0.717) is 56.5 Å². The fraction of sp³-hybridized carbons (Fsp3) is 0.292. The van der Waals surface area contributed by atoms with Crippen molar-refractivity contribution in [3.05, 3.63) is 74.5 Å². The third-order valence-corrected chi connectivity index (χ3v) is 6.82. The van der Waals surface area contributed by atoms with Gasteiger partial charge in [-0.15, -0.1) is 0 Å². The normalized spacial score (nSPS) is 12.0. The van der Waals surface area contributed by atoms with Gasteiger partial charge in [0.05, 0.1) is 5.56 Å². The highest BCUT2D eigenvalue weighted by molar-refractivity contribution is 7.18. The van der Waals surface area contributed by atoms with Crippen LogP contribution in [0.4, 0.5) is 24.7 Å². The van der Waals surface area contributed by atoms with Gasteiger partial charge in [-0.1, -0.05) is 54.5 Å². The Kier molecular flexibility index (Phi) is 7.31. The lowest BCUT2D eigenvalue weighted by Crippen LogP contribution is -2.05. The van der Waals surface area contributed by atoms with Gasteiger partial charge in [0.1, 0.15) is 21.2 Å². The van der Waals surface area contributed by atoms with Crippen LogP contribution >= 0.6 is 34.5 Å². The number of aryl methyl sites for hydroxylation is 1. The molecule has 0 aliphatic heterocycles. The zero-order valence-corrected chi connectivity index (χ0v) is 20.7. The monoisotopic (exact) mass is 524 g/mol. The fourth-order valence-corrected chi connectivity index (χ4v) is 4.83. The lowest BCUT2D eigenvalue weighted by molar-refractivity contribution is -0.137. The summed E-state index contributed by atoms with van der Waals surface area (Å²) in [5.74, 6) is 1.59. The number of hydrogen-bond acceptors (Lipinski definition) is 5. The molecule has 4 rings (SSSR count). The quantitative estimate of drug-likeness (QED) is 0.264. The van der Waals surface area contributed by atoms with Crippen molar-refractivity contribution < 1.29 is 13.2 Å². The van der Waals surface area contributed by atoms with Gasteiger partial charge >= 0.3 is 6.18 Å². The number of aromatic nitrogens is 3. The summed E-state index contributed by atoms with van der Waals surface area (Å²) in [5.41, 5.74) is 1.09. The Labute approximate surface area is 209 Å². The maximum Gasteiger partial charge on any atom is 0.416 e. The second-order valence-corrected chi connectivity index (χ2v) is 10.1. The molecule has 0 spiro atoms. The maximum absolute atomic E-state index is 12.9. The van der Waals surface area contributed by atoms with Crippen molar-refractivity contribution in [3.8, 4) is 0 Å². The Hall–Kier alpha value is -2.42. The Morgan fingerprint density at radius 3 is 2.26 bits per heavy atom. The van der Waals surface area contributed by atoms with Crippen molar-refractivity contribution >= 4 is 56.4 Å². The van der Waals surface area contributed by atoms with E-state index >= 15 is 0 Å². The van der Waals surface area contributed by atoms with E-state index in [1.807, 2.05) is 0 Å². The number of nitrogens with one attached hydrogen (secondary N) is 1. The van der Waals surface area contributed by atoms with Gasteiger partial charge in [0.15, 0.2) is 5.82 Å². The lowest BCUT2D eigenvalue weighted by atomic mass is 10.1. The summed E-state index contributed by atoms with van der Waals surface area (Å²) in [6.45, 7) is 4.25. The molecule has 2 heterocycles. The first-order valence-corrected chi connectivity index (χ1v) is 12.2. The molecule has 0 saturated heterocycles. The number of benzene rings is 2. The standard InChI is InChI=1S/C24H21Cl2F3N4S/c1-13(2)6-11-19-31-22(30-15-9-7-14(8-10-15)24(27,28)29)21-23(32-19)34-20(33-21)12-16-17(25)4-3-5-18(16)26/h3-5,7-10,13H,6,11-12H2,1-2H3,(H,30,31,32). The zero-order valence-electron chi connectivity index (χ0n) is 18.4. The van der Waals surface area contributed by atoms with Gasteiger partial charge in [-0.25, -0.2) is 15.0 Å². The minimum Gasteiger partial charge on any atom is -0.338 e. The lowest BCUT2D eigenvalue weighted by Gasteiger charge is -2.11. The molecule has 10 heteroatoms. The first-order valence-electron chi connectivity index (χ1n) is 10.6. The molecule has 0 fully saturated rings. The number of anilines is 2. The van der Waals surface area contributed by atoms with Crippen LogP contribution in [0.15, 0.2) is 42.5 Å². The molecule has 0 unspecified atom stereocenters. The molecule has 4 nitrogen and oxygen atoms in total. The topological polar surface area (TPSA) is 50.7 Å². The Morgan fingerprint density at radius 1 is 0.971 bits per heavy atom. The van der Waals surface area contributed by atoms with Crippen molar-refractivity contribution in [3.63, 3.8) is 0 Å². The highest BCUT2D eigenvalue weighted by atomic mass is 35.5. The molecule has 0 aliphatic carbocycles. The van der Waals surface area contributed by atoms with Gasteiger partial charge in [-0.05, 0) is 54.3 Å². The number of thiazole rings is 1. The van der Waals surface area contributed by atoms with E-state index in [2.05, 4.69) is 24.1 Å². The van der Waals surface area contributed by atoms with Crippen molar-refractivity contribution in [1.82, 2.24) is 15.0 Å². The van der Waals surface area contributed by atoms with Crippen LogP contribution in [0.5, 0.6) is 0 Å². The molecule has 0 aliphatic rings. The van der Waals surface area contributed by atoms with Crippen molar-refractivity contribution in [2.75, 3.05) is 5.32 Å². The predicted octanol–water partition coefficient (Wildman–Crippen LogP) is 8.33. The molecule has 1 N–H and O–H groups in total. The average Bonchev–Trinajstić information content (AvgIpc) is 3.18. The van der Waals surface area contributed by atoms with Gasteiger partial charge < -0.3 is 5.32 Å². The fourth-order valence-electron chi connectivity index (χ4n) is 3.33. The molecule has 0 radical (unpaired) electrons. The molecule has 178 valence electrons. The van der Waals surface area contributed by atoms with E-state index in [1.54, 1.807) is 18.2 Å². The first kappa shape index (κ1) is 24.7. The van der Waals surface area contributed by atoms with Crippen molar-refractivity contribution in [2.45, 2.75) is 39.3 Å². The maximum atomic E-state index is 12.9. The molecule has 0 bridgehead atoms. The van der Waals surface area contributed by atoms with Gasteiger partial charge in [-0.3, -0.25) is 0 Å². The van der Waals surface area contributed by atoms with Crippen LogP contribution in [0, 0.1) is 5.92 Å². The first-order chi connectivity index (χ1) is 16.1. The molecule has 4 aromatic rings. The zero-order chi connectivity index (χ0) is 24.5. The Bertz CT molecular complexity index is 1280. The van der Waals surface area contributed by atoms with E-state index in [1.165, 1.54) is 23.5 Å². The molecule has 2 aromatic carbocycles. The van der Waals surface area contributed by atoms with Gasteiger partial charge in [0.2, 0.25) is 0 Å². The molecular formula is C24H21Cl2F3N4S. The Balaban J connectivity index is 1.71. The van der Waals surface area contributed by atoms with Crippen LogP contribution in [-0.2, 0) is 19.0 Å². The molecular weight excluding hydrogens is 504 g/mol. The minimum absolute atomic E-state index is 0.431. The third-order valence-electron chi connectivity index (χ3n) is 5.16. The van der Waals surface area contributed by atoms with Gasteiger partial charge in [-0.2, -0.15) is 13.2 Å². The molecule has 0 saturated carbocycles. The summed E-state index contributed by atoms with van der Waals surface area (Å²) in [7, 11) is 0. The highest BCUT2D eigenvalue weighted by Gasteiger charge is 2.30. The second-order valence-electron chi connectivity index (χ2n) is 8.26. The van der Waals surface area contributed by atoms with Gasteiger partial charge in [0, 0.05) is 28.6 Å². The van der Waals surface area contributed by atoms with Crippen LogP contribution < -0.4 is 5.32 Å².